The third-order valence-electron chi connectivity index (χ3n) is 4.17. The first-order valence-corrected chi connectivity index (χ1v) is 11.0. The van der Waals surface area contributed by atoms with Crippen molar-refractivity contribution in [3.05, 3.63) is 92.4 Å². The standard InChI is InChI=1S/C21H13Cl4N3S/c22-15-4-2-14(3-5-15)20-26-27-21(28(20)17-8-6-16(23)7-9-17)29-12-13-1-10-18(24)19(25)11-13/h1-11H,12H2. The average molecular weight is 481 g/mol. The Labute approximate surface area is 192 Å². The van der Waals surface area contributed by atoms with E-state index in [9.17, 15) is 0 Å². The van der Waals surface area contributed by atoms with Gasteiger partial charge in [-0.05, 0) is 66.2 Å². The first-order valence-electron chi connectivity index (χ1n) is 8.55. The van der Waals surface area contributed by atoms with Crippen molar-refractivity contribution < 1.29 is 0 Å². The molecule has 0 fully saturated rings. The van der Waals surface area contributed by atoms with Crippen molar-refractivity contribution in [1.29, 1.82) is 0 Å². The summed E-state index contributed by atoms with van der Waals surface area (Å²) in [6.45, 7) is 0. The van der Waals surface area contributed by atoms with Gasteiger partial charge in [0.25, 0.3) is 0 Å². The molecule has 0 aliphatic carbocycles. The zero-order valence-corrected chi connectivity index (χ0v) is 18.7. The maximum absolute atomic E-state index is 6.14. The Kier molecular flexibility index (Phi) is 6.38. The highest BCUT2D eigenvalue weighted by molar-refractivity contribution is 7.98. The Hall–Kier alpha value is -1.69. The third-order valence-corrected chi connectivity index (χ3v) is 6.42. The molecule has 146 valence electrons. The molecule has 1 aromatic heterocycles. The van der Waals surface area contributed by atoms with Gasteiger partial charge >= 0.3 is 0 Å². The smallest absolute Gasteiger partial charge is 0.196 e. The molecule has 1 heterocycles. The van der Waals surface area contributed by atoms with E-state index in [2.05, 4.69) is 10.2 Å². The molecule has 0 unspecified atom stereocenters. The van der Waals surface area contributed by atoms with Gasteiger partial charge in [0.2, 0.25) is 0 Å². The maximum atomic E-state index is 6.14. The number of hydrogen-bond acceptors (Lipinski definition) is 3. The zero-order valence-electron chi connectivity index (χ0n) is 14.8. The van der Waals surface area contributed by atoms with Gasteiger partial charge in [0.05, 0.1) is 10.0 Å². The number of thioether (sulfide) groups is 1. The van der Waals surface area contributed by atoms with Crippen LogP contribution in [0.4, 0.5) is 0 Å². The molecule has 0 radical (unpaired) electrons. The topological polar surface area (TPSA) is 30.7 Å². The molecule has 0 atom stereocenters. The molecule has 8 heteroatoms. The summed E-state index contributed by atoms with van der Waals surface area (Å²) in [5, 5.41) is 12.0. The normalized spacial score (nSPS) is 11.0. The lowest BCUT2D eigenvalue weighted by Crippen LogP contribution is -1.99. The van der Waals surface area contributed by atoms with Crippen LogP contribution in [-0.4, -0.2) is 14.8 Å². The molecule has 0 aliphatic rings. The fourth-order valence-electron chi connectivity index (χ4n) is 2.75. The molecule has 0 N–H and O–H groups in total. The van der Waals surface area contributed by atoms with Crippen molar-refractivity contribution in [2.24, 2.45) is 0 Å². The Bertz CT molecular complexity index is 1140. The molecular formula is C21H13Cl4N3S. The lowest BCUT2D eigenvalue weighted by Gasteiger charge is -2.11. The van der Waals surface area contributed by atoms with Gasteiger partial charge in [-0.25, -0.2) is 0 Å². The van der Waals surface area contributed by atoms with Crippen molar-refractivity contribution in [2.75, 3.05) is 0 Å². The summed E-state index contributed by atoms with van der Waals surface area (Å²) in [7, 11) is 0. The van der Waals surface area contributed by atoms with Gasteiger partial charge < -0.3 is 0 Å². The van der Waals surface area contributed by atoms with Crippen LogP contribution in [-0.2, 0) is 5.75 Å². The van der Waals surface area contributed by atoms with E-state index in [1.54, 1.807) is 17.8 Å². The Balaban J connectivity index is 1.72. The van der Waals surface area contributed by atoms with Crippen LogP contribution in [0.3, 0.4) is 0 Å². The SMILES string of the molecule is Clc1ccc(-c2nnc(SCc3ccc(Cl)c(Cl)c3)n2-c2ccc(Cl)cc2)cc1. The highest BCUT2D eigenvalue weighted by atomic mass is 35.5. The molecule has 29 heavy (non-hydrogen) atoms. The lowest BCUT2D eigenvalue weighted by atomic mass is 10.2. The van der Waals surface area contributed by atoms with Crippen LogP contribution in [0.1, 0.15) is 5.56 Å². The number of benzene rings is 3. The number of halogens is 4. The summed E-state index contributed by atoms with van der Waals surface area (Å²) in [4.78, 5) is 0. The van der Waals surface area contributed by atoms with E-state index in [4.69, 9.17) is 46.4 Å². The van der Waals surface area contributed by atoms with E-state index >= 15 is 0 Å². The predicted molar refractivity (Wildman–Crippen MR) is 123 cm³/mol. The second-order valence-electron chi connectivity index (χ2n) is 6.16. The fraction of sp³-hybridized carbons (Fsp3) is 0.0476. The molecule has 3 nitrogen and oxygen atoms in total. The molecule has 0 aliphatic heterocycles. The van der Waals surface area contributed by atoms with Crippen LogP contribution in [0.5, 0.6) is 0 Å². The van der Waals surface area contributed by atoms with Crippen molar-refractivity contribution in [3.8, 4) is 17.1 Å². The zero-order chi connectivity index (χ0) is 20.4. The number of aromatic nitrogens is 3. The Morgan fingerprint density at radius 3 is 2.03 bits per heavy atom. The first kappa shape index (κ1) is 20.6. The van der Waals surface area contributed by atoms with Crippen LogP contribution in [0.25, 0.3) is 17.1 Å². The van der Waals surface area contributed by atoms with Gasteiger partial charge in [-0.2, -0.15) is 0 Å². The van der Waals surface area contributed by atoms with Crippen LogP contribution >= 0.6 is 58.2 Å². The summed E-state index contributed by atoms with van der Waals surface area (Å²) in [6, 6.07) is 20.7. The lowest BCUT2D eigenvalue weighted by molar-refractivity contribution is 0.886. The molecule has 4 rings (SSSR count). The van der Waals surface area contributed by atoms with E-state index in [-0.39, 0.29) is 0 Å². The van der Waals surface area contributed by atoms with E-state index in [0.717, 1.165) is 27.8 Å². The molecular weight excluding hydrogens is 468 g/mol. The second kappa shape index (κ2) is 8.99. The summed E-state index contributed by atoms with van der Waals surface area (Å²) in [5.41, 5.74) is 2.88. The molecule has 0 spiro atoms. The van der Waals surface area contributed by atoms with Crippen molar-refractivity contribution in [1.82, 2.24) is 14.8 Å². The molecule has 0 bridgehead atoms. The van der Waals surface area contributed by atoms with E-state index in [1.807, 2.05) is 65.2 Å². The van der Waals surface area contributed by atoms with Crippen LogP contribution in [0, 0.1) is 0 Å². The number of hydrogen-bond donors (Lipinski definition) is 0. The van der Waals surface area contributed by atoms with Gasteiger partial charge in [0.1, 0.15) is 0 Å². The van der Waals surface area contributed by atoms with Gasteiger partial charge in [0.15, 0.2) is 11.0 Å². The molecule has 0 saturated carbocycles. The van der Waals surface area contributed by atoms with Gasteiger partial charge in [0, 0.05) is 27.0 Å². The van der Waals surface area contributed by atoms with Gasteiger partial charge in [-0.3, -0.25) is 4.57 Å². The minimum Gasteiger partial charge on any atom is -0.270 e. The van der Waals surface area contributed by atoms with Crippen LogP contribution in [0.2, 0.25) is 20.1 Å². The monoisotopic (exact) mass is 479 g/mol. The largest absolute Gasteiger partial charge is 0.270 e. The Morgan fingerprint density at radius 1 is 0.724 bits per heavy atom. The molecule has 3 aromatic carbocycles. The second-order valence-corrected chi connectivity index (χ2v) is 8.79. The minimum atomic E-state index is 0.533. The molecule has 4 aromatic rings. The fourth-order valence-corrected chi connectivity index (χ4v) is 4.22. The first-order chi connectivity index (χ1) is 14.0. The van der Waals surface area contributed by atoms with Crippen LogP contribution in [0.15, 0.2) is 71.9 Å². The highest BCUT2D eigenvalue weighted by Gasteiger charge is 2.16. The van der Waals surface area contributed by atoms with Crippen LogP contribution < -0.4 is 0 Å². The summed E-state index contributed by atoms with van der Waals surface area (Å²) in [6.07, 6.45) is 0. The molecule has 0 amide bonds. The van der Waals surface area contributed by atoms with Crippen molar-refractivity contribution in [3.63, 3.8) is 0 Å². The summed E-state index contributed by atoms with van der Waals surface area (Å²) < 4.78 is 2.00. The number of nitrogens with zero attached hydrogens (tertiary/aromatic N) is 3. The number of rotatable bonds is 5. The maximum Gasteiger partial charge on any atom is 0.196 e. The van der Waals surface area contributed by atoms with Crippen molar-refractivity contribution >= 4 is 58.2 Å². The average Bonchev–Trinajstić information content (AvgIpc) is 3.14. The molecule has 0 saturated heterocycles. The van der Waals surface area contributed by atoms with E-state index in [0.29, 0.717) is 25.8 Å². The third kappa shape index (κ3) is 4.73. The quantitative estimate of drug-likeness (QED) is 0.272. The minimum absolute atomic E-state index is 0.533. The van der Waals surface area contributed by atoms with E-state index in [1.165, 1.54) is 0 Å². The Morgan fingerprint density at radius 2 is 1.38 bits per heavy atom. The highest BCUT2D eigenvalue weighted by Crippen LogP contribution is 2.32. The summed E-state index contributed by atoms with van der Waals surface area (Å²) in [5.74, 6) is 1.39. The van der Waals surface area contributed by atoms with Gasteiger partial charge in [-0.15, -0.1) is 10.2 Å². The van der Waals surface area contributed by atoms with E-state index < -0.39 is 0 Å². The summed E-state index contributed by atoms with van der Waals surface area (Å²) >= 11 is 25.8. The van der Waals surface area contributed by atoms with Gasteiger partial charge in [-0.1, -0.05) is 64.2 Å². The predicted octanol–water partition coefficient (Wildman–Crippen LogP) is 7.84. The van der Waals surface area contributed by atoms with Crippen molar-refractivity contribution in [2.45, 2.75) is 10.9 Å².